The van der Waals surface area contributed by atoms with Gasteiger partial charge in [0.25, 0.3) is 0 Å². The minimum Gasteiger partial charge on any atom is -0.494 e. The number of aromatic nitrogens is 5. The summed E-state index contributed by atoms with van der Waals surface area (Å²) in [6.07, 6.45) is 1.96. The topological polar surface area (TPSA) is 115 Å². The molecule has 0 saturated heterocycles. The van der Waals surface area contributed by atoms with Gasteiger partial charge >= 0.3 is 0 Å². The van der Waals surface area contributed by atoms with Crippen LogP contribution in [0.4, 0.5) is 5.69 Å². The summed E-state index contributed by atoms with van der Waals surface area (Å²) in [5.74, 6) is 0.680. The summed E-state index contributed by atoms with van der Waals surface area (Å²) < 4.78 is 0. The summed E-state index contributed by atoms with van der Waals surface area (Å²) in [7, 11) is 0. The molecule has 0 saturated carbocycles. The molecule has 3 N–H and O–H groups in total. The van der Waals surface area contributed by atoms with Crippen molar-refractivity contribution in [2.45, 2.75) is 6.92 Å². The van der Waals surface area contributed by atoms with Crippen molar-refractivity contribution in [3.8, 4) is 17.3 Å². The molecular weight excluding hydrogens is 402 g/mol. The number of hydrogen-bond acceptors (Lipinski definition) is 6. The van der Waals surface area contributed by atoms with Gasteiger partial charge in [0.1, 0.15) is 5.70 Å². The highest BCUT2D eigenvalue weighted by Crippen LogP contribution is 2.29. The number of aromatic hydroxyl groups is 1. The van der Waals surface area contributed by atoms with Crippen molar-refractivity contribution >= 4 is 28.4 Å². The molecule has 2 aromatic heterocycles. The third kappa shape index (κ3) is 2.97. The van der Waals surface area contributed by atoms with Crippen LogP contribution in [0.25, 0.3) is 34.1 Å². The number of H-pyrrole nitrogens is 2. The van der Waals surface area contributed by atoms with Crippen LogP contribution in [-0.2, 0) is 0 Å². The Hall–Kier alpha value is -4.59. The molecule has 0 atom stereocenters. The van der Waals surface area contributed by atoms with E-state index in [4.69, 9.17) is 0 Å². The fourth-order valence-electron chi connectivity index (χ4n) is 4.01. The Morgan fingerprint density at radius 2 is 1.84 bits per heavy atom. The molecule has 5 aromatic rings. The van der Waals surface area contributed by atoms with Gasteiger partial charge in [-0.2, -0.15) is 5.21 Å². The molecule has 3 aromatic carbocycles. The standard InChI is InChI=1S/C24H17N7O/c1-13-5-8-20-18(9-13)19(24(32)25-20)10-14-6-7-17-21(11-14)26-27-22(17)15-3-2-4-16(12-15)23-28-30-31-29-23/h2-12,25,32H,1H3,(H,28,29,30,31). The fourth-order valence-corrected chi connectivity index (χ4v) is 4.01. The van der Waals surface area contributed by atoms with Crippen molar-refractivity contribution in [3.05, 3.63) is 87.8 Å². The van der Waals surface area contributed by atoms with Gasteiger partial charge in [0, 0.05) is 32.8 Å². The molecule has 0 unspecified atom stereocenters. The van der Waals surface area contributed by atoms with Crippen molar-refractivity contribution < 1.29 is 5.11 Å². The number of benzene rings is 3. The molecule has 154 valence electrons. The Morgan fingerprint density at radius 1 is 0.938 bits per heavy atom. The molecule has 6 rings (SSSR count). The lowest BCUT2D eigenvalue weighted by Crippen LogP contribution is -2.09. The van der Waals surface area contributed by atoms with Crippen molar-refractivity contribution in [3.63, 3.8) is 0 Å². The number of tetrazole rings is 1. The van der Waals surface area contributed by atoms with Gasteiger partial charge < -0.3 is 10.1 Å². The van der Waals surface area contributed by atoms with E-state index in [0.717, 1.165) is 55.0 Å². The summed E-state index contributed by atoms with van der Waals surface area (Å²) in [5, 5.41) is 36.3. The minimum absolute atomic E-state index is 0.151. The van der Waals surface area contributed by atoms with Crippen molar-refractivity contribution in [2.24, 2.45) is 10.2 Å². The van der Waals surface area contributed by atoms with Gasteiger partial charge in [0.2, 0.25) is 5.82 Å². The van der Waals surface area contributed by atoms with Gasteiger partial charge in [-0.05, 0) is 53.8 Å². The number of nitrogens with one attached hydrogen (secondary N) is 2. The Balaban J connectivity index is 1.46. The normalized spacial score (nSPS) is 13.3. The average molecular weight is 419 g/mol. The zero-order chi connectivity index (χ0) is 21.7. The van der Waals surface area contributed by atoms with Crippen LogP contribution < -0.4 is 10.4 Å². The Morgan fingerprint density at radius 3 is 2.72 bits per heavy atom. The Kier molecular flexibility index (Phi) is 3.97. The minimum atomic E-state index is 0.151. The molecule has 8 heteroatoms. The smallest absolute Gasteiger partial charge is 0.204 e. The second-order valence-electron chi connectivity index (χ2n) is 7.72. The number of hydrogen-bond donors (Lipinski definition) is 3. The third-order valence-electron chi connectivity index (χ3n) is 5.56. The lowest BCUT2D eigenvalue weighted by Gasteiger charge is -2.01. The largest absolute Gasteiger partial charge is 0.494 e. The molecule has 8 nitrogen and oxygen atoms in total. The Bertz CT molecular complexity index is 1650. The molecular formula is C24H17N7O. The summed E-state index contributed by atoms with van der Waals surface area (Å²) in [4.78, 5) is 3.03. The van der Waals surface area contributed by atoms with E-state index in [9.17, 15) is 5.11 Å². The van der Waals surface area contributed by atoms with Crippen LogP contribution in [-0.4, -0.2) is 30.7 Å². The van der Waals surface area contributed by atoms with E-state index in [1.54, 1.807) is 0 Å². The lowest BCUT2D eigenvalue weighted by molar-refractivity contribution is 0.457. The van der Waals surface area contributed by atoms with Crippen LogP contribution in [0.3, 0.4) is 0 Å². The molecule has 32 heavy (non-hydrogen) atoms. The predicted octanol–water partition coefficient (Wildman–Crippen LogP) is 3.44. The second-order valence-corrected chi connectivity index (χ2v) is 7.72. The number of rotatable bonds is 3. The van der Waals surface area contributed by atoms with E-state index in [0.29, 0.717) is 5.82 Å². The molecule has 3 heterocycles. The predicted molar refractivity (Wildman–Crippen MR) is 121 cm³/mol. The molecule has 0 fully saturated rings. The highest BCUT2D eigenvalue weighted by atomic mass is 16.3. The highest BCUT2D eigenvalue weighted by Gasteiger charge is 2.14. The maximum absolute atomic E-state index is 10.4. The van der Waals surface area contributed by atoms with E-state index in [-0.39, 0.29) is 5.88 Å². The Labute approximate surface area is 181 Å². The van der Waals surface area contributed by atoms with Crippen LogP contribution in [0.2, 0.25) is 0 Å². The van der Waals surface area contributed by atoms with E-state index in [1.165, 1.54) is 0 Å². The summed E-state index contributed by atoms with van der Waals surface area (Å²) in [6, 6.07) is 19.9. The van der Waals surface area contributed by atoms with Crippen LogP contribution in [0, 0.1) is 6.92 Å². The first-order valence-corrected chi connectivity index (χ1v) is 10.1. The maximum atomic E-state index is 10.4. The number of aromatic amines is 2. The zero-order valence-electron chi connectivity index (χ0n) is 17.0. The van der Waals surface area contributed by atoms with Crippen molar-refractivity contribution in [1.82, 2.24) is 25.6 Å². The van der Waals surface area contributed by atoms with Gasteiger partial charge in [-0.25, -0.2) is 0 Å². The van der Waals surface area contributed by atoms with Crippen LogP contribution >= 0.6 is 0 Å². The summed E-state index contributed by atoms with van der Waals surface area (Å²) >= 11 is 0. The van der Waals surface area contributed by atoms with Crippen molar-refractivity contribution in [2.75, 3.05) is 0 Å². The van der Waals surface area contributed by atoms with Crippen LogP contribution in [0.15, 0.2) is 70.9 Å². The first-order chi connectivity index (χ1) is 15.7. The molecule has 0 spiro atoms. The third-order valence-corrected chi connectivity index (χ3v) is 5.56. The number of nitrogens with zero attached hydrogens (tertiary/aromatic N) is 5. The molecule has 0 bridgehead atoms. The van der Waals surface area contributed by atoms with Gasteiger partial charge in [0.15, 0.2) is 5.88 Å². The zero-order valence-corrected chi connectivity index (χ0v) is 17.0. The maximum Gasteiger partial charge on any atom is 0.204 e. The summed E-state index contributed by atoms with van der Waals surface area (Å²) in [6.45, 7) is 2.04. The molecule has 0 radical (unpaired) electrons. The molecule has 0 amide bonds. The van der Waals surface area contributed by atoms with E-state index >= 15 is 0 Å². The van der Waals surface area contributed by atoms with Crippen LogP contribution in [0.1, 0.15) is 16.7 Å². The van der Waals surface area contributed by atoms with Crippen molar-refractivity contribution in [1.29, 1.82) is 0 Å². The summed E-state index contributed by atoms with van der Waals surface area (Å²) in [5.41, 5.74) is 6.15. The first-order valence-electron chi connectivity index (χ1n) is 10.1. The molecule has 1 aliphatic rings. The van der Waals surface area contributed by atoms with E-state index in [1.807, 2.05) is 67.6 Å². The fraction of sp³-hybridized carbons (Fsp3) is 0.0417. The number of fused-ring (bicyclic) bond motifs is 2. The van der Waals surface area contributed by atoms with Gasteiger partial charge in [-0.15, -0.1) is 20.4 Å². The van der Waals surface area contributed by atoms with Gasteiger partial charge in [-0.3, -0.25) is 0 Å². The lowest BCUT2D eigenvalue weighted by atomic mass is 10.0. The van der Waals surface area contributed by atoms with E-state index in [2.05, 4.69) is 41.9 Å². The van der Waals surface area contributed by atoms with Gasteiger partial charge in [-0.1, -0.05) is 35.9 Å². The molecule has 0 aliphatic carbocycles. The number of azo groups is 1. The SMILES string of the molecule is Cc1ccc2[nH]c(O)c(C=c3ccc4c(c3)N=NC=4c3cccc(-c4nn[nH]n4)c3)c2c1. The van der Waals surface area contributed by atoms with E-state index < -0.39 is 0 Å². The number of aryl methyl sites for hydroxylation is 1. The molecule has 1 aliphatic heterocycles. The quantitative estimate of drug-likeness (QED) is 0.415. The van der Waals surface area contributed by atoms with Crippen LogP contribution in [0.5, 0.6) is 5.88 Å². The van der Waals surface area contributed by atoms with Gasteiger partial charge in [0.05, 0.1) is 5.69 Å². The highest BCUT2D eigenvalue weighted by molar-refractivity contribution is 5.92. The first kappa shape index (κ1) is 18.2. The second kappa shape index (κ2) is 6.98. The average Bonchev–Trinajstić information content (AvgIpc) is 3.54. The monoisotopic (exact) mass is 419 g/mol.